The van der Waals surface area contributed by atoms with Gasteiger partial charge in [0.15, 0.2) is 0 Å². The molecule has 106 valence electrons. The SMILES string of the molecule is C=CCNC(=O)C1CC1C(=O)Nc1ccc(C)c(Br)c1. The Bertz CT molecular complexity index is 557. The first-order valence-electron chi connectivity index (χ1n) is 6.48. The normalized spacial score (nSPS) is 20.1. The molecule has 2 N–H and O–H groups in total. The van der Waals surface area contributed by atoms with Gasteiger partial charge in [0.05, 0.1) is 11.8 Å². The molecule has 0 bridgehead atoms. The fraction of sp³-hybridized carbons (Fsp3) is 0.333. The van der Waals surface area contributed by atoms with E-state index in [4.69, 9.17) is 0 Å². The van der Waals surface area contributed by atoms with Crippen molar-refractivity contribution in [3.63, 3.8) is 0 Å². The third-order valence-electron chi connectivity index (χ3n) is 3.32. The number of amides is 2. The number of halogens is 1. The number of carbonyl (C=O) groups excluding carboxylic acids is 2. The highest BCUT2D eigenvalue weighted by molar-refractivity contribution is 9.10. The molecule has 5 heteroatoms. The summed E-state index contributed by atoms with van der Waals surface area (Å²) in [6.07, 6.45) is 2.24. The van der Waals surface area contributed by atoms with Crippen LogP contribution in [0.2, 0.25) is 0 Å². The van der Waals surface area contributed by atoms with Crippen LogP contribution in [0.3, 0.4) is 0 Å². The number of hydrogen-bond acceptors (Lipinski definition) is 2. The zero-order valence-electron chi connectivity index (χ0n) is 11.3. The van der Waals surface area contributed by atoms with Crippen LogP contribution in [0.15, 0.2) is 35.3 Å². The van der Waals surface area contributed by atoms with Crippen molar-refractivity contribution >= 4 is 33.4 Å². The van der Waals surface area contributed by atoms with E-state index in [9.17, 15) is 9.59 Å². The molecule has 1 aliphatic carbocycles. The Labute approximate surface area is 126 Å². The molecule has 1 aromatic rings. The third-order valence-corrected chi connectivity index (χ3v) is 4.18. The van der Waals surface area contributed by atoms with E-state index in [1.54, 1.807) is 6.08 Å². The van der Waals surface area contributed by atoms with E-state index in [0.29, 0.717) is 13.0 Å². The lowest BCUT2D eigenvalue weighted by atomic mass is 10.2. The van der Waals surface area contributed by atoms with Gasteiger partial charge in [-0.1, -0.05) is 28.1 Å². The second-order valence-electron chi connectivity index (χ2n) is 4.94. The molecule has 2 amide bonds. The van der Waals surface area contributed by atoms with Gasteiger partial charge in [0.2, 0.25) is 11.8 Å². The van der Waals surface area contributed by atoms with Crippen molar-refractivity contribution < 1.29 is 9.59 Å². The van der Waals surface area contributed by atoms with E-state index in [1.165, 1.54) is 0 Å². The highest BCUT2D eigenvalue weighted by atomic mass is 79.9. The van der Waals surface area contributed by atoms with E-state index >= 15 is 0 Å². The minimum absolute atomic E-state index is 0.0739. The fourth-order valence-electron chi connectivity index (χ4n) is 1.98. The summed E-state index contributed by atoms with van der Waals surface area (Å²) in [6, 6.07) is 5.65. The summed E-state index contributed by atoms with van der Waals surface area (Å²) in [7, 11) is 0. The number of nitrogens with one attached hydrogen (secondary N) is 2. The predicted octanol–water partition coefficient (Wildman–Crippen LogP) is 2.63. The van der Waals surface area contributed by atoms with Gasteiger partial charge in [-0.3, -0.25) is 9.59 Å². The van der Waals surface area contributed by atoms with E-state index < -0.39 is 0 Å². The molecular formula is C15H17BrN2O2. The Kier molecular flexibility index (Phi) is 4.60. The minimum atomic E-state index is -0.222. The molecule has 0 spiro atoms. The standard InChI is InChI=1S/C15H17BrN2O2/c1-3-6-17-14(19)11-8-12(11)15(20)18-10-5-4-9(2)13(16)7-10/h3-5,7,11-12H,1,6,8H2,2H3,(H,17,19)(H,18,20). The van der Waals surface area contributed by atoms with Crippen LogP contribution in [0.25, 0.3) is 0 Å². The number of aryl methyl sites for hydroxylation is 1. The lowest BCUT2D eigenvalue weighted by molar-refractivity contribution is -0.125. The minimum Gasteiger partial charge on any atom is -0.352 e. The summed E-state index contributed by atoms with van der Waals surface area (Å²) in [6.45, 7) is 5.96. The summed E-state index contributed by atoms with van der Waals surface area (Å²) in [5, 5.41) is 5.56. The Morgan fingerprint density at radius 1 is 1.40 bits per heavy atom. The number of rotatable bonds is 5. The number of benzene rings is 1. The van der Waals surface area contributed by atoms with Crippen LogP contribution >= 0.6 is 15.9 Å². The zero-order valence-corrected chi connectivity index (χ0v) is 12.9. The van der Waals surface area contributed by atoms with Crippen LogP contribution in [0.4, 0.5) is 5.69 Å². The molecule has 4 nitrogen and oxygen atoms in total. The van der Waals surface area contributed by atoms with Crippen molar-refractivity contribution in [3.8, 4) is 0 Å². The van der Waals surface area contributed by atoms with Gasteiger partial charge in [0, 0.05) is 16.7 Å². The zero-order chi connectivity index (χ0) is 14.7. The van der Waals surface area contributed by atoms with Crippen LogP contribution in [0.1, 0.15) is 12.0 Å². The highest BCUT2D eigenvalue weighted by Crippen LogP contribution is 2.39. The third kappa shape index (κ3) is 3.48. The molecule has 0 aromatic heterocycles. The maximum Gasteiger partial charge on any atom is 0.228 e. The maximum atomic E-state index is 12.0. The second kappa shape index (κ2) is 6.22. The molecule has 1 saturated carbocycles. The molecule has 0 heterocycles. The van der Waals surface area contributed by atoms with E-state index in [1.807, 2.05) is 25.1 Å². The van der Waals surface area contributed by atoms with Crippen LogP contribution in [-0.4, -0.2) is 18.4 Å². The van der Waals surface area contributed by atoms with Crippen molar-refractivity contribution in [1.82, 2.24) is 5.32 Å². The Hall–Kier alpha value is -1.62. The van der Waals surface area contributed by atoms with E-state index in [-0.39, 0.29) is 23.7 Å². The average molecular weight is 337 g/mol. The molecule has 2 atom stereocenters. The van der Waals surface area contributed by atoms with Crippen molar-refractivity contribution in [2.24, 2.45) is 11.8 Å². The molecule has 1 aromatic carbocycles. The topological polar surface area (TPSA) is 58.2 Å². The molecular weight excluding hydrogens is 320 g/mol. The van der Waals surface area contributed by atoms with Crippen LogP contribution in [0, 0.1) is 18.8 Å². The second-order valence-corrected chi connectivity index (χ2v) is 5.79. The molecule has 2 unspecified atom stereocenters. The quantitative estimate of drug-likeness (QED) is 0.812. The predicted molar refractivity (Wildman–Crippen MR) is 82.3 cm³/mol. The van der Waals surface area contributed by atoms with Crippen molar-refractivity contribution in [2.75, 3.05) is 11.9 Å². The van der Waals surface area contributed by atoms with Gasteiger partial charge in [-0.25, -0.2) is 0 Å². The van der Waals surface area contributed by atoms with Crippen LogP contribution in [0.5, 0.6) is 0 Å². The molecule has 0 saturated heterocycles. The van der Waals surface area contributed by atoms with Gasteiger partial charge in [0.1, 0.15) is 0 Å². The van der Waals surface area contributed by atoms with Gasteiger partial charge in [-0.05, 0) is 31.0 Å². The number of hydrogen-bond donors (Lipinski definition) is 2. The Morgan fingerprint density at radius 2 is 2.10 bits per heavy atom. The van der Waals surface area contributed by atoms with Crippen molar-refractivity contribution in [2.45, 2.75) is 13.3 Å². The lowest BCUT2D eigenvalue weighted by Crippen LogP contribution is -2.27. The van der Waals surface area contributed by atoms with Gasteiger partial charge in [-0.15, -0.1) is 6.58 Å². The van der Waals surface area contributed by atoms with Gasteiger partial charge >= 0.3 is 0 Å². The summed E-state index contributed by atoms with van der Waals surface area (Å²) in [5.74, 6) is -0.599. The maximum absolute atomic E-state index is 12.0. The summed E-state index contributed by atoms with van der Waals surface area (Å²) < 4.78 is 0.950. The van der Waals surface area contributed by atoms with Gasteiger partial charge in [0.25, 0.3) is 0 Å². The van der Waals surface area contributed by atoms with E-state index in [0.717, 1.165) is 15.7 Å². The van der Waals surface area contributed by atoms with Gasteiger partial charge in [-0.2, -0.15) is 0 Å². The Balaban J connectivity index is 1.89. The van der Waals surface area contributed by atoms with Gasteiger partial charge < -0.3 is 10.6 Å². The number of carbonyl (C=O) groups is 2. The molecule has 0 aliphatic heterocycles. The molecule has 20 heavy (non-hydrogen) atoms. The lowest BCUT2D eigenvalue weighted by Gasteiger charge is -2.07. The fourth-order valence-corrected chi connectivity index (χ4v) is 2.36. The first-order valence-corrected chi connectivity index (χ1v) is 7.28. The largest absolute Gasteiger partial charge is 0.352 e. The highest BCUT2D eigenvalue weighted by Gasteiger charge is 2.47. The van der Waals surface area contributed by atoms with Crippen molar-refractivity contribution in [3.05, 3.63) is 40.9 Å². The van der Waals surface area contributed by atoms with E-state index in [2.05, 4.69) is 33.1 Å². The number of anilines is 1. The van der Waals surface area contributed by atoms with Crippen molar-refractivity contribution in [1.29, 1.82) is 0 Å². The smallest absolute Gasteiger partial charge is 0.228 e. The van der Waals surface area contributed by atoms with Crippen LogP contribution in [-0.2, 0) is 9.59 Å². The van der Waals surface area contributed by atoms with Crippen LogP contribution < -0.4 is 10.6 Å². The molecule has 1 aliphatic rings. The monoisotopic (exact) mass is 336 g/mol. The average Bonchev–Trinajstić information content (AvgIpc) is 3.20. The molecule has 2 rings (SSSR count). The first-order chi connectivity index (χ1) is 9.52. The summed E-state index contributed by atoms with van der Waals surface area (Å²) in [5.41, 5.74) is 1.85. The Morgan fingerprint density at radius 3 is 2.75 bits per heavy atom. The first kappa shape index (κ1) is 14.8. The summed E-state index contributed by atoms with van der Waals surface area (Å²) >= 11 is 3.43. The summed E-state index contributed by atoms with van der Waals surface area (Å²) in [4.78, 5) is 23.7. The molecule has 0 radical (unpaired) electrons. The molecule has 1 fully saturated rings.